The summed E-state index contributed by atoms with van der Waals surface area (Å²) in [7, 11) is 0. The number of hydrogen-bond acceptors (Lipinski definition) is 7. The van der Waals surface area contributed by atoms with Crippen molar-refractivity contribution in [2.24, 2.45) is 5.10 Å². The number of aromatic nitrogens is 3. The first-order chi connectivity index (χ1) is 12.2. The number of nitrogens with one attached hydrogen (secondary N) is 2. The number of nitrogens with zero attached hydrogens (tertiary/aromatic N) is 3. The van der Waals surface area contributed by atoms with Gasteiger partial charge in [0.1, 0.15) is 0 Å². The van der Waals surface area contributed by atoms with Gasteiger partial charge in [0, 0.05) is 0 Å². The van der Waals surface area contributed by atoms with E-state index >= 15 is 0 Å². The van der Waals surface area contributed by atoms with Gasteiger partial charge in [0.05, 0.1) is 25.6 Å². The number of ether oxygens (including phenoxy) is 2. The lowest BCUT2D eigenvalue weighted by Crippen LogP contribution is -2.13. The van der Waals surface area contributed by atoms with Crippen molar-refractivity contribution in [2.45, 2.75) is 33.1 Å². The number of hydrazone groups is 1. The van der Waals surface area contributed by atoms with Crippen LogP contribution in [0.25, 0.3) is 0 Å². The third kappa shape index (κ3) is 6.25. The molecule has 134 valence electrons. The molecular weight excluding hydrogens is 322 g/mol. The first-order valence-electron chi connectivity index (χ1n) is 8.33. The Morgan fingerprint density at radius 1 is 1.24 bits per heavy atom. The largest absolute Gasteiger partial charge is 0.490 e. The first kappa shape index (κ1) is 18.4. The Morgan fingerprint density at radius 3 is 2.88 bits per heavy atom. The van der Waals surface area contributed by atoms with E-state index in [2.05, 4.69) is 32.6 Å². The van der Waals surface area contributed by atoms with Crippen molar-refractivity contribution in [3.8, 4) is 11.5 Å². The quantitative estimate of drug-likeness (QED) is 0.390. The molecule has 2 rings (SSSR count). The lowest BCUT2D eigenvalue weighted by Gasteiger charge is -2.12. The summed E-state index contributed by atoms with van der Waals surface area (Å²) in [5.74, 6) is 1.67. The van der Waals surface area contributed by atoms with E-state index in [0.29, 0.717) is 19.0 Å². The maximum atomic E-state index is 11.1. The fraction of sp³-hybridized carbons (Fsp3) is 0.412. The molecule has 0 aliphatic heterocycles. The van der Waals surface area contributed by atoms with Crippen molar-refractivity contribution in [1.82, 2.24) is 15.2 Å². The number of aromatic amines is 1. The summed E-state index contributed by atoms with van der Waals surface area (Å²) in [5.41, 5.74) is 2.94. The van der Waals surface area contributed by atoms with E-state index in [-0.39, 0.29) is 5.82 Å². The van der Waals surface area contributed by atoms with Gasteiger partial charge < -0.3 is 9.47 Å². The second kappa shape index (κ2) is 10.1. The summed E-state index contributed by atoms with van der Waals surface area (Å²) in [6.45, 7) is 5.30. The highest BCUT2D eigenvalue weighted by Crippen LogP contribution is 2.28. The van der Waals surface area contributed by atoms with Crippen molar-refractivity contribution in [3.63, 3.8) is 0 Å². The normalized spacial score (nSPS) is 10.8. The summed E-state index contributed by atoms with van der Waals surface area (Å²) < 4.78 is 11.4. The van der Waals surface area contributed by atoms with Crippen molar-refractivity contribution in [1.29, 1.82) is 0 Å². The van der Waals surface area contributed by atoms with Gasteiger partial charge in [-0.05, 0) is 37.1 Å². The van der Waals surface area contributed by atoms with E-state index in [1.807, 2.05) is 25.1 Å². The fourth-order valence-corrected chi connectivity index (χ4v) is 2.07. The van der Waals surface area contributed by atoms with Crippen molar-refractivity contribution in [3.05, 3.63) is 40.4 Å². The minimum atomic E-state index is -0.539. The fourth-order valence-electron chi connectivity index (χ4n) is 2.07. The molecule has 1 aromatic carbocycles. The Labute approximate surface area is 146 Å². The lowest BCUT2D eigenvalue weighted by molar-refractivity contribution is 0.271. The Hall–Kier alpha value is -2.90. The molecule has 1 aromatic heterocycles. The Kier molecular flexibility index (Phi) is 7.42. The molecule has 0 fully saturated rings. The summed E-state index contributed by atoms with van der Waals surface area (Å²) in [6, 6.07) is 5.60. The second-order valence-corrected chi connectivity index (χ2v) is 5.24. The van der Waals surface area contributed by atoms with Gasteiger partial charge in [-0.15, -0.1) is 0 Å². The summed E-state index contributed by atoms with van der Waals surface area (Å²) in [5, 5.41) is 9.87. The van der Waals surface area contributed by atoms with E-state index in [0.717, 1.165) is 30.6 Å². The minimum Gasteiger partial charge on any atom is -0.490 e. The monoisotopic (exact) mass is 345 g/mol. The van der Waals surface area contributed by atoms with E-state index < -0.39 is 5.69 Å². The SMILES string of the molecule is CCCCCOc1ccc(/C=N/Nc2cn[nH]c(=O)n2)cc1OCC. The van der Waals surface area contributed by atoms with Gasteiger partial charge in [0.25, 0.3) is 0 Å². The highest BCUT2D eigenvalue weighted by molar-refractivity contribution is 5.81. The van der Waals surface area contributed by atoms with Crippen LogP contribution in [0.2, 0.25) is 0 Å². The zero-order valence-electron chi connectivity index (χ0n) is 14.5. The van der Waals surface area contributed by atoms with Gasteiger partial charge >= 0.3 is 5.69 Å². The number of unbranched alkanes of at least 4 members (excludes halogenated alkanes) is 2. The van der Waals surface area contributed by atoms with Gasteiger partial charge in [-0.2, -0.15) is 15.2 Å². The molecular formula is C17H23N5O3. The minimum absolute atomic E-state index is 0.265. The number of H-pyrrole nitrogens is 1. The van der Waals surface area contributed by atoms with Gasteiger partial charge in [0.15, 0.2) is 17.3 Å². The highest BCUT2D eigenvalue weighted by Gasteiger charge is 2.06. The Morgan fingerprint density at radius 2 is 2.12 bits per heavy atom. The average Bonchev–Trinajstić information content (AvgIpc) is 2.60. The number of hydrogen-bond donors (Lipinski definition) is 2. The summed E-state index contributed by atoms with van der Waals surface area (Å²) in [6.07, 6.45) is 6.30. The molecule has 2 N–H and O–H groups in total. The third-order valence-corrected chi connectivity index (χ3v) is 3.23. The average molecular weight is 345 g/mol. The van der Waals surface area contributed by atoms with Crippen LogP contribution in [0.15, 0.2) is 34.3 Å². The summed E-state index contributed by atoms with van der Waals surface area (Å²) >= 11 is 0. The molecule has 0 aliphatic rings. The molecule has 1 heterocycles. The second-order valence-electron chi connectivity index (χ2n) is 5.24. The lowest BCUT2D eigenvalue weighted by atomic mass is 10.2. The van der Waals surface area contributed by atoms with E-state index in [1.54, 1.807) is 6.21 Å². The van der Waals surface area contributed by atoms with Gasteiger partial charge in [0.2, 0.25) is 0 Å². The van der Waals surface area contributed by atoms with Crippen LogP contribution in [0.3, 0.4) is 0 Å². The zero-order chi connectivity index (χ0) is 17.9. The number of rotatable bonds is 10. The molecule has 0 bridgehead atoms. The molecule has 2 aromatic rings. The molecule has 8 heteroatoms. The van der Waals surface area contributed by atoms with Crippen LogP contribution in [0.1, 0.15) is 38.7 Å². The third-order valence-electron chi connectivity index (χ3n) is 3.23. The maximum Gasteiger partial charge on any atom is 0.363 e. The summed E-state index contributed by atoms with van der Waals surface area (Å²) in [4.78, 5) is 14.7. The van der Waals surface area contributed by atoms with Crippen LogP contribution < -0.4 is 20.6 Å². The predicted octanol–water partition coefficient (Wildman–Crippen LogP) is 2.58. The topological polar surface area (TPSA) is 101 Å². The molecule has 0 radical (unpaired) electrons. The van der Waals surface area contributed by atoms with Gasteiger partial charge in [-0.25, -0.2) is 9.89 Å². The van der Waals surface area contributed by atoms with E-state index in [4.69, 9.17) is 9.47 Å². The van der Waals surface area contributed by atoms with Gasteiger partial charge in [-0.3, -0.25) is 5.43 Å². The first-order valence-corrected chi connectivity index (χ1v) is 8.33. The molecule has 0 saturated carbocycles. The molecule has 8 nitrogen and oxygen atoms in total. The van der Waals surface area contributed by atoms with Crippen LogP contribution in [0.4, 0.5) is 5.82 Å². The van der Waals surface area contributed by atoms with Gasteiger partial charge in [-0.1, -0.05) is 19.8 Å². The van der Waals surface area contributed by atoms with Crippen LogP contribution in [0.5, 0.6) is 11.5 Å². The predicted molar refractivity (Wildman–Crippen MR) is 96.5 cm³/mol. The molecule has 0 unspecified atom stereocenters. The van der Waals surface area contributed by atoms with Crippen LogP contribution in [-0.2, 0) is 0 Å². The zero-order valence-corrected chi connectivity index (χ0v) is 14.5. The number of anilines is 1. The van der Waals surface area contributed by atoms with Crippen molar-refractivity contribution >= 4 is 12.0 Å². The van der Waals surface area contributed by atoms with Crippen molar-refractivity contribution < 1.29 is 9.47 Å². The Bertz CT molecular complexity index is 745. The molecule has 25 heavy (non-hydrogen) atoms. The van der Waals surface area contributed by atoms with Crippen molar-refractivity contribution in [2.75, 3.05) is 18.6 Å². The molecule has 0 spiro atoms. The molecule has 0 amide bonds. The van der Waals surface area contributed by atoms with E-state index in [1.165, 1.54) is 6.20 Å². The van der Waals surface area contributed by atoms with E-state index in [9.17, 15) is 4.79 Å². The smallest absolute Gasteiger partial charge is 0.363 e. The molecule has 0 atom stereocenters. The van der Waals surface area contributed by atoms with Crippen LogP contribution >= 0.6 is 0 Å². The standard InChI is InChI=1S/C17H23N5O3/c1-3-5-6-9-25-14-8-7-13(10-15(14)24-4-2)11-18-21-16-12-19-22-17(23)20-16/h7-8,10-12H,3-6,9H2,1-2H3,(H2,20,21,22,23)/b18-11+. The maximum absolute atomic E-state index is 11.1. The molecule has 0 saturated heterocycles. The molecule has 0 aliphatic carbocycles. The van der Waals surface area contributed by atoms with Crippen LogP contribution in [-0.4, -0.2) is 34.6 Å². The Balaban J connectivity index is 2.01. The van der Waals surface area contributed by atoms with Crippen LogP contribution in [0, 0.1) is 0 Å². The highest BCUT2D eigenvalue weighted by atomic mass is 16.5. The number of benzene rings is 1.